The van der Waals surface area contributed by atoms with Gasteiger partial charge in [0.2, 0.25) is 0 Å². The van der Waals surface area contributed by atoms with E-state index in [0.717, 1.165) is 22.4 Å². The minimum Gasteiger partial charge on any atom is -0.496 e. The lowest BCUT2D eigenvalue weighted by Crippen LogP contribution is -2.21. The number of hydrogen-bond donors (Lipinski definition) is 0. The van der Waals surface area contributed by atoms with Crippen LogP contribution in [0.5, 0.6) is 17.2 Å². The predicted molar refractivity (Wildman–Crippen MR) is 160 cm³/mol. The molecule has 4 rings (SSSR count). The van der Waals surface area contributed by atoms with Crippen molar-refractivity contribution in [2.45, 2.75) is 26.7 Å². The summed E-state index contributed by atoms with van der Waals surface area (Å²) < 4.78 is 18.5. The molecule has 9 heteroatoms. The Bertz CT molecular complexity index is 1690. The Morgan fingerprint density at radius 3 is 2.56 bits per heavy atom. The lowest BCUT2D eigenvalue weighted by molar-refractivity contribution is 0.331. The Morgan fingerprint density at radius 1 is 1.18 bits per heavy atom. The topological polar surface area (TPSA) is 74.9 Å². The largest absolute Gasteiger partial charge is 0.496 e. The molecule has 0 unspecified atom stereocenters. The van der Waals surface area contributed by atoms with Crippen LogP contribution in [0.2, 0.25) is 5.02 Å². The number of methoxy groups -OCH3 is 2. The molecule has 3 aromatic carbocycles. The molecule has 0 amide bonds. The molecule has 0 aliphatic rings. The molecule has 0 fully saturated rings. The average molecular weight is 609 g/mol. The van der Waals surface area contributed by atoms with Gasteiger partial charge in [0.25, 0.3) is 5.56 Å². The number of aromatic nitrogens is 2. The minimum atomic E-state index is -0.309. The van der Waals surface area contributed by atoms with Crippen LogP contribution in [0.1, 0.15) is 36.5 Å². The first-order valence-corrected chi connectivity index (χ1v) is 13.3. The van der Waals surface area contributed by atoms with Gasteiger partial charge in [0.15, 0.2) is 17.3 Å². The van der Waals surface area contributed by atoms with Crippen LogP contribution in [-0.4, -0.2) is 36.7 Å². The zero-order chi connectivity index (χ0) is 28.3. The van der Waals surface area contributed by atoms with Crippen molar-refractivity contribution < 1.29 is 14.2 Å². The standard InChI is InChI=1S/C30H27BrClN3O4/c1-7-12-39-28-25(38-6)14-19(26(31)27(28)32)16-33-35-29(34-23-11-9-8-10-20(23)30(35)36)22-15-21(17(2)3)24(37-5)13-18(22)4/h1,8-11,13-17H,12H2,2-6H3. The maximum Gasteiger partial charge on any atom is 0.282 e. The normalized spacial score (nSPS) is 11.3. The second-order valence-electron chi connectivity index (χ2n) is 9.00. The summed E-state index contributed by atoms with van der Waals surface area (Å²) in [6.45, 7) is 6.15. The van der Waals surface area contributed by atoms with E-state index in [0.29, 0.717) is 38.3 Å². The fraction of sp³-hybridized carbons (Fsp3) is 0.233. The summed E-state index contributed by atoms with van der Waals surface area (Å²) >= 11 is 10.1. The van der Waals surface area contributed by atoms with E-state index in [1.165, 1.54) is 18.0 Å². The Kier molecular flexibility index (Phi) is 8.63. The summed E-state index contributed by atoms with van der Waals surface area (Å²) in [5.41, 5.74) is 3.49. The van der Waals surface area contributed by atoms with E-state index in [1.54, 1.807) is 25.3 Å². The summed E-state index contributed by atoms with van der Waals surface area (Å²) in [6, 6.07) is 12.8. The molecule has 0 saturated carbocycles. The van der Waals surface area contributed by atoms with Gasteiger partial charge in [-0.05, 0) is 70.2 Å². The number of hydrogen-bond acceptors (Lipinski definition) is 6. The van der Waals surface area contributed by atoms with Crippen LogP contribution in [0.3, 0.4) is 0 Å². The lowest BCUT2D eigenvalue weighted by Gasteiger charge is -2.17. The van der Waals surface area contributed by atoms with Crippen molar-refractivity contribution in [3.05, 3.63) is 79.0 Å². The zero-order valence-electron chi connectivity index (χ0n) is 22.2. The molecule has 1 heterocycles. The lowest BCUT2D eigenvalue weighted by atomic mass is 9.96. The number of terminal acetylenes is 1. The summed E-state index contributed by atoms with van der Waals surface area (Å²) in [5.74, 6) is 4.46. The number of benzene rings is 3. The highest BCUT2D eigenvalue weighted by molar-refractivity contribution is 9.10. The van der Waals surface area contributed by atoms with Gasteiger partial charge < -0.3 is 14.2 Å². The Morgan fingerprint density at radius 2 is 1.90 bits per heavy atom. The Labute approximate surface area is 240 Å². The van der Waals surface area contributed by atoms with Crippen LogP contribution in [0.25, 0.3) is 22.3 Å². The second-order valence-corrected chi connectivity index (χ2v) is 10.2. The molecule has 1 aromatic heterocycles. The van der Waals surface area contributed by atoms with Gasteiger partial charge in [0.05, 0.1) is 31.3 Å². The molecule has 0 N–H and O–H groups in total. The average Bonchev–Trinajstić information content (AvgIpc) is 2.93. The second kappa shape index (κ2) is 11.9. The molecular formula is C30H27BrClN3O4. The molecule has 0 aliphatic carbocycles. The van der Waals surface area contributed by atoms with Crippen LogP contribution >= 0.6 is 27.5 Å². The molecule has 39 heavy (non-hydrogen) atoms. The van der Waals surface area contributed by atoms with Gasteiger partial charge >= 0.3 is 0 Å². The van der Waals surface area contributed by atoms with Gasteiger partial charge in [0, 0.05) is 15.6 Å². The van der Waals surface area contributed by atoms with E-state index in [2.05, 4.69) is 40.8 Å². The first-order chi connectivity index (χ1) is 18.7. The first-order valence-electron chi connectivity index (χ1n) is 12.1. The number of rotatable bonds is 8. The number of ether oxygens (including phenoxy) is 3. The fourth-order valence-electron chi connectivity index (χ4n) is 4.19. The van der Waals surface area contributed by atoms with E-state index in [9.17, 15) is 4.79 Å². The highest BCUT2D eigenvalue weighted by atomic mass is 79.9. The van der Waals surface area contributed by atoms with Gasteiger partial charge in [-0.3, -0.25) is 4.79 Å². The van der Waals surface area contributed by atoms with Crippen molar-refractivity contribution in [2.24, 2.45) is 5.10 Å². The van der Waals surface area contributed by atoms with Crippen molar-refractivity contribution in [3.63, 3.8) is 0 Å². The number of nitrogens with zero attached hydrogens (tertiary/aromatic N) is 3. The van der Waals surface area contributed by atoms with Gasteiger partial charge in [-0.2, -0.15) is 9.78 Å². The van der Waals surface area contributed by atoms with Crippen molar-refractivity contribution in [2.75, 3.05) is 20.8 Å². The zero-order valence-corrected chi connectivity index (χ0v) is 24.6. The highest BCUT2D eigenvalue weighted by Crippen LogP contribution is 2.42. The summed E-state index contributed by atoms with van der Waals surface area (Å²) in [7, 11) is 3.15. The van der Waals surface area contributed by atoms with Gasteiger partial charge in [-0.1, -0.05) is 43.5 Å². The Hall–Kier alpha value is -3.80. The van der Waals surface area contributed by atoms with Crippen molar-refractivity contribution >= 4 is 44.6 Å². The van der Waals surface area contributed by atoms with E-state index in [-0.39, 0.29) is 23.1 Å². The summed E-state index contributed by atoms with van der Waals surface area (Å²) in [4.78, 5) is 18.6. The molecule has 0 bridgehead atoms. The minimum absolute atomic E-state index is 0.0248. The quantitative estimate of drug-likeness (QED) is 0.162. The molecule has 0 radical (unpaired) electrons. The van der Waals surface area contributed by atoms with E-state index in [1.807, 2.05) is 31.2 Å². The predicted octanol–water partition coefficient (Wildman–Crippen LogP) is 6.82. The fourth-order valence-corrected chi connectivity index (χ4v) is 4.84. The Balaban J connectivity index is 1.96. The van der Waals surface area contributed by atoms with Gasteiger partial charge in [-0.15, -0.1) is 6.42 Å². The van der Waals surface area contributed by atoms with Gasteiger partial charge in [-0.25, -0.2) is 4.98 Å². The number of fused-ring (bicyclic) bond motifs is 1. The first kappa shape index (κ1) is 28.2. The molecule has 0 atom stereocenters. The van der Waals surface area contributed by atoms with Crippen LogP contribution in [0, 0.1) is 19.3 Å². The molecule has 200 valence electrons. The van der Waals surface area contributed by atoms with Crippen molar-refractivity contribution in [3.8, 4) is 41.0 Å². The molecule has 0 saturated heterocycles. The number of halogens is 2. The van der Waals surface area contributed by atoms with Crippen LogP contribution in [0.4, 0.5) is 0 Å². The van der Waals surface area contributed by atoms with E-state index >= 15 is 0 Å². The molecule has 0 aliphatic heterocycles. The van der Waals surface area contributed by atoms with Crippen molar-refractivity contribution in [1.82, 2.24) is 9.66 Å². The van der Waals surface area contributed by atoms with E-state index in [4.69, 9.17) is 37.2 Å². The van der Waals surface area contributed by atoms with Crippen LogP contribution < -0.4 is 19.8 Å². The van der Waals surface area contributed by atoms with Gasteiger partial charge in [0.1, 0.15) is 17.4 Å². The molecular weight excluding hydrogens is 582 g/mol. The maximum atomic E-state index is 13.7. The third-order valence-electron chi connectivity index (χ3n) is 6.18. The third-order valence-corrected chi connectivity index (χ3v) is 7.62. The number of para-hydroxylation sites is 1. The van der Waals surface area contributed by atoms with Crippen LogP contribution in [-0.2, 0) is 0 Å². The smallest absolute Gasteiger partial charge is 0.282 e. The maximum absolute atomic E-state index is 13.7. The van der Waals surface area contributed by atoms with Crippen molar-refractivity contribution in [1.29, 1.82) is 0 Å². The van der Waals surface area contributed by atoms with E-state index < -0.39 is 0 Å². The molecule has 0 spiro atoms. The molecule has 4 aromatic rings. The SMILES string of the molecule is C#CCOc1c(OC)cc(C=Nn2c(-c3cc(C(C)C)c(OC)cc3C)nc3ccccc3c2=O)c(Br)c1Cl. The summed E-state index contributed by atoms with van der Waals surface area (Å²) in [5, 5.41) is 5.31. The van der Waals surface area contributed by atoms with Crippen LogP contribution in [0.15, 0.2) is 56.8 Å². The molecule has 7 nitrogen and oxygen atoms in total. The monoisotopic (exact) mass is 607 g/mol. The highest BCUT2D eigenvalue weighted by Gasteiger charge is 2.20. The number of aryl methyl sites for hydroxylation is 1. The summed E-state index contributed by atoms with van der Waals surface area (Å²) in [6.07, 6.45) is 6.85. The third kappa shape index (κ3) is 5.51.